The summed E-state index contributed by atoms with van der Waals surface area (Å²) < 4.78 is 42.9. The van der Waals surface area contributed by atoms with E-state index in [9.17, 15) is 18.0 Å². The maximum absolute atomic E-state index is 13.0. The summed E-state index contributed by atoms with van der Waals surface area (Å²) in [5.41, 5.74) is 0.936. The Morgan fingerprint density at radius 3 is 2.20 bits per heavy atom. The van der Waals surface area contributed by atoms with Crippen LogP contribution in [0.4, 0.5) is 11.4 Å². The van der Waals surface area contributed by atoms with E-state index in [0.717, 1.165) is 4.31 Å². The van der Waals surface area contributed by atoms with Crippen LogP contribution in [0.25, 0.3) is 0 Å². The molecule has 0 aromatic heterocycles. The van der Waals surface area contributed by atoms with Crippen LogP contribution in [0.5, 0.6) is 11.5 Å². The van der Waals surface area contributed by atoms with Crippen LogP contribution in [-0.2, 0) is 19.6 Å². The average Bonchev–Trinajstić information content (AvgIpc) is 2.88. The first-order valence-electron chi connectivity index (χ1n) is 10.7. The zero-order chi connectivity index (χ0) is 25.4. The van der Waals surface area contributed by atoms with Gasteiger partial charge in [-0.3, -0.25) is 9.10 Å². The summed E-state index contributed by atoms with van der Waals surface area (Å²) in [6.07, 6.45) is 0. The Bertz CT molecular complexity index is 1290. The number of rotatable bonds is 10. The summed E-state index contributed by atoms with van der Waals surface area (Å²) in [4.78, 5) is 24.6. The van der Waals surface area contributed by atoms with E-state index in [0.29, 0.717) is 29.5 Å². The van der Waals surface area contributed by atoms with Gasteiger partial charge in [-0.2, -0.15) is 0 Å². The van der Waals surface area contributed by atoms with E-state index in [-0.39, 0.29) is 10.5 Å². The first-order chi connectivity index (χ1) is 16.8. The van der Waals surface area contributed by atoms with Gasteiger partial charge in [0.2, 0.25) is 0 Å². The minimum atomic E-state index is -3.91. The third-order valence-corrected chi connectivity index (χ3v) is 6.75. The monoisotopic (exact) mass is 498 g/mol. The lowest BCUT2D eigenvalue weighted by Gasteiger charge is -2.21. The van der Waals surface area contributed by atoms with E-state index in [1.54, 1.807) is 48.5 Å². The molecule has 35 heavy (non-hydrogen) atoms. The van der Waals surface area contributed by atoms with Gasteiger partial charge >= 0.3 is 5.97 Å². The van der Waals surface area contributed by atoms with Crippen molar-refractivity contribution in [1.82, 2.24) is 0 Å². The molecule has 3 aromatic rings. The fraction of sp³-hybridized carbons (Fsp3) is 0.200. The van der Waals surface area contributed by atoms with Crippen molar-refractivity contribution in [3.63, 3.8) is 0 Å². The largest absolute Gasteiger partial charge is 0.495 e. The van der Waals surface area contributed by atoms with Gasteiger partial charge in [-0.1, -0.05) is 24.3 Å². The molecule has 1 amide bonds. The smallest absolute Gasteiger partial charge is 0.338 e. The Balaban J connectivity index is 1.64. The van der Waals surface area contributed by atoms with E-state index in [1.165, 1.54) is 38.4 Å². The van der Waals surface area contributed by atoms with Crippen LogP contribution >= 0.6 is 0 Å². The molecule has 0 aliphatic carbocycles. The molecule has 0 saturated carbocycles. The highest BCUT2D eigenvalue weighted by Gasteiger charge is 2.24. The zero-order valence-electron chi connectivity index (χ0n) is 19.6. The second-order valence-corrected chi connectivity index (χ2v) is 9.19. The van der Waals surface area contributed by atoms with E-state index < -0.39 is 28.5 Å². The molecule has 0 fully saturated rings. The predicted molar refractivity (Wildman–Crippen MR) is 132 cm³/mol. The molecule has 0 aliphatic heterocycles. The Labute approximate surface area is 204 Å². The number of esters is 1. The normalized spacial score (nSPS) is 10.8. The topological polar surface area (TPSA) is 111 Å². The average molecular weight is 499 g/mol. The number of ether oxygens (including phenoxy) is 3. The molecule has 0 radical (unpaired) electrons. The number of sulfonamides is 1. The molecule has 10 heteroatoms. The van der Waals surface area contributed by atoms with Gasteiger partial charge in [0.25, 0.3) is 15.9 Å². The fourth-order valence-electron chi connectivity index (χ4n) is 3.19. The molecular weight excluding hydrogens is 472 g/mol. The summed E-state index contributed by atoms with van der Waals surface area (Å²) in [6, 6.07) is 18.9. The van der Waals surface area contributed by atoms with Crippen molar-refractivity contribution < 1.29 is 32.2 Å². The highest BCUT2D eigenvalue weighted by Crippen LogP contribution is 2.31. The van der Waals surface area contributed by atoms with Crippen molar-refractivity contribution in [3.8, 4) is 11.5 Å². The number of carbonyl (C=O) groups excluding carboxylic acids is 2. The summed E-state index contributed by atoms with van der Waals surface area (Å²) >= 11 is 0. The Morgan fingerprint density at radius 2 is 1.54 bits per heavy atom. The van der Waals surface area contributed by atoms with E-state index in [2.05, 4.69) is 5.32 Å². The molecule has 3 rings (SSSR count). The van der Waals surface area contributed by atoms with Crippen LogP contribution in [0, 0.1) is 0 Å². The third-order valence-electron chi connectivity index (χ3n) is 4.97. The highest BCUT2D eigenvalue weighted by molar-refractivity contribution is 7.92. The number of para-hydroxylation sites is 4. The Kier molecular flexibility index (Phi) is 8.32. The first-order valence-corrected chi connectivity index (χ1v) is 12.1. The van der Waals surface area contributed by atoms with Gasteiger partial charge in [-0.05, 0) is 55.5 Å². The van der Waals surface area contributed by atoms with Crippen LogP contribution in [0.15, 0.2) is 77.7 Å². The number of benzene rings is 3. The molecule has 0 heterocycles. The number of carbonyl (C=O) groups is 2. The predicted octanol–water partition coefficient (Wildman–Crippen LogP) is 3.71. The summed E-state index contributed by atoms with van der Waals surface area (Å²) in [6.45, 7) is 1.74. The van der Waals surface area contributed by atoms with Crippen molar-refractivity contribution in [3.05, 3.63) is 78.4 Å². The number of nitrogens with one attached hydrogen (secondary N) is 1. The minimum absolute atomic E-state index is 0.0206. The molecule has 0 aliphatic rings. The number of nitrogens with zero attached hydrogens (tertiary/aromatic N) is 1. The van der Waals surface area contributed by atoms with Crippen LogP contribution in [0.3, 0.4) is 0 Å². The zero-order valence-corrected chi connectivity index (χ0v) is 20.4. The maximum Gasteiger partial charge on any atom is 0.338 e. The number of methoxy groups -OCH3 is 1. The SMILES string of the molecule is CCOc1ccccc1NC(=O)COC(=O)c1ccc(S(=O)(=O)N(C)c2ccccc2OC)cc1. The van der Waals surface area contributed by atoms with Crippen LogP contribution in [0.2, 0.25) is 0 Å². The van der Waals surface area contributed by atoms with E-state index in [1.807, 2.05) is 6.92 Å². The molecule has 0 spiro atoms. The molecule has 184 valence electrons. The van der Waals surface area contributed by atoms with Gasteiger partial charge < -0.3 is 19.5 Å². The summed E-state index contributed by atoms with van der Waals surface area (Å²) in [7, 11) is -1.04. The lowest BCUT2D eigenvalue weighted by molar-refractivity contribution is -0.119. The van der Waals surface area contributed by atoms with Crippen LogP contribution in [0.1, 0.15) is 17.3 Å². The summed E-state index contributed by atoms with van der Waals surface area (Å²) in [5.74, 6) is -0.395. The lowest BCUT2D eigenvalue weighted by atomic mass is 10.2. The standard InChI is InChI=1S/C25H26N2O7S/c1-4-33-22-11-7-5-9-20(22)26-24(28)17-34-25(29)18-13-15-19(16-14-18)35(30,31)27(2)21-10-6-8-12-23(21)32-3/h5-16H,4,17H2,1-3H3,(H,26,28). The maximum atomic E-state index is 13.0. The fourth-order valence-corrected chi connectivity index (χ4v) is 4.40. The van der Waals surface area contributed by atoms with E-state index in [4.69, 9.17) is 14.2 Å². The highest BCUT2D eigenvalue weighted by atomic mass is 32.2. The van der Waals surface area contributed by atoms with Gasteiger partial charge in [0.15, 0.2) is 6.61 Å². The summed E-state index contributed by atoms with van der Waals surface area (Å²) in [5, 5.41) is 2.63. The van der Waals surface area contributed by atoms with Gasteiger partial charge in [0.05, 0.1) is 35.6 Å². The van der Waals surface area contributed by atoms with Gasteiger partial charge in [0.1, 0.15) is 11.5 Å². The van der Waals surface area contributed by atoms with Crippen LogP contribution < -0.4 is 19.1 Å². The quantitative estimate of drug-likeness (QED) is 0.424. The van der Waals surface area contributed by atoms with Crippen molar-refractivity contribution in [2.75, 3.05) is 37.0 Å². The number of amides is 1. The Hall–Kier alpha value is -4.05. The molecule has 1 N–H and O–H groups in total. The van der Waals surface area contributed by atoms with Gasteiger partial charge in [0, 0.05) is 7.05 Å². The first kappa shape index (κ1) is 25.6. The van der Waals surface area contributed by atoms with Crippen molar-refractivity contribution in [2.45, 2.75) is 11.8 Å². The Morgan fingerprint density at radius 1 is 0.914 bits per heavy atom. The molecule has 3 aromatic carbocycles. The second kappa shape index (κ2) is 11.4. The second-order valence-electron chi connectivity index (χ2n) is 7.22. The van der Waals surface area contributed by atoms with Crippen molar-refractivity contribution in [2.24, 2.45) is 0 Å². The van der Waals surface area contributed by atoms with E-state index >= 15 is 0 Å². The molecular formula is C25H26N2O7S. The van der Waals surface area contributed by atoms with Crippen LogP contribution in [-0.4, -0.2) is 47.7 Å². The minimum Gasteiger partial charge on any atom is -0.495 e. The molecule has 0 bridgehead atoms. The van der Waals surface area contributed by atoms with Gasteiger partial charge in [-0.25, -0.2) is 13.2 Å². The molecule has 0 atom stereocenters. The lowest BCUT2D eigenvalue weighted by Crippen LogP contribution is -2.27. The number of hydrogen-bond acceptors (Lipinski definition) is 7. The van der Waals surface area contributed by atoms with Crippen molar-refractivity contribution >= 4 is 33.3 Å². The number of hydrogen-bond donors (Lipinski definition) is 1. The number of anilines is 2. The third kappa shape index (κ3) is 6.10. The van der Waals surface area contributed by atoms with Crippen molar-refractivity contribution in [1.29, 1.82) is 0 Å². The molecule has 0 unspecified atom stereocenters. The molecule has 0 saturated heterocycles. The molecule has 9 nitrogen and oxygen atoms in total. The van der Waals surface area contributed by atoms with Gasteiger partial charge in [-0.15, -0.1) is 0 Å².